The molecule has 1 aliphatic rings. The van der Waals surface area contributed by atoms with Gasteiger partial charge in [0.05, 0.1) is 23.1 Å². The van der Waals surface area contributed by atoms with Crippen molar-refractivity contribution in [2.24, 2.45) is 0 Å². The number of rotatable bonds is 5. The van der Waals surface area contributed by atoms with Gasteiger partial charge in [-0.05, 0) is 60.5 Å². The number of hydrogen-bond acceptors (Lipinski definition) is 4. The quantitative estimate of drug-likeness (QED) is 0.654. The van der Waals surface area contributed by atoms with Gasteiger partial charge in [-0.25, -0.2) is 0 Å². The zero-order valence-electron chi connectivity index (χ0n) is 14.5. The first-order chi connectivity index (χ1) is 12.5. The standard InChI is InChI=1S/C20H18ClNO3S/c1-3-25-17-9-8-14(10-16(17)21)11-18-19(23)22(20(24)26-18)12-15-7-5-4-6-13(15)2/h4-11H,3,12H2,1-2H3/b18-11-. The fourth-order valence-corrected chi connectivity index (χ4v) is 3.71. The van der Waals surface area contributed by atoms with Crippen LogP contribution in [0.4, 0.5) is 4.79 Å². The van der Waals surface area contributed by atoms with Crippen LogP contribution in [-0.4, -0.2) is 22.7 Å². The smallest absolute Gasteiger partial charge is 0.293 e. The summed E-state index contributed by atoms with van der Waals surface area (Å²) in [5.74, 6) is 0.312. The molecule has 134 valence electrons. The number of carbonyl (C=O) groups excluding carboxylic acids is 2. The number of amides is 2. The van der Waals surface area contributed by atoms with Crippen molar-refractivity contribution in [2.75, 3.05) is 6.61 Å². The third-order valence-corrected chi connectivity index (χ3v) is 5.22. The highest BCUT2D eigenvalue weighted by Crippen LogP contribution is 2.34. The number of nitrogens with zero attached hydrogens (tertiary/aromatic N) is 1. The first kappa shape index (κ1) is 18.5. The molecule has 1 fully saturated rings. The van der Waals surface area contributed by atoms with Crippen molar-refractivity contribution in [2.45, 2.75) is 20.4 Å². The van der Waals surface area contributed by atoms with E-state index in [0.717, 1.165) is 28.5 Å². The van der Waals surface area contributed by atoms with E-state index in [-0.39, 0.29) is 17.7 Å². The molecule has 0 aromatic heterocycles. The zero-order chi connectivity index (χ0) is 18.7. The van der Waals surface area contributed by atoms with Crippen LogP contribution in [0.15, 0.2) is 47.4 Å². The van der Waals surface area contributed by atoms with E-state index in [0.29, 0.717) is 22.3 Å². The Balaban J connectivity index is 1.81. The molecule has 1 saturated heterocycles. The molecule has 0 radical (unpaired) electrons. The average molecular weight is 388 g/mol. The van der Waals surface area contributed by atoms with Crippen LogP contribution in [0.2, 0.25) is 5.02 Å². The molecule has 0 unspecified atom stereocenters. The predicted molar refractivity (Wildman–Crippen MR) is 105 cm³/mol. The van der Waals surface area contributed by atoms with Gasteiger partial charge in [0.2, 0.25) is 0 Å². The summed E-state index contributed by atoms with van der Waals surface area (Å²) in [4.78, 5) is 26.6. The minimum atomic E-state index is -0.284. The molecule has 0 saturated carbocycles. The van der Waals surface area contributed by atoms with Crippen molar-refractivity contribution < 1.29 is 14.3 Å². The van der Waals surface area contributed by atoms with Gasteiger partial charge in [0, 0.05) is 0 Å². The van der Waals surface area contributed by atoms with Crippen molar-refractivity contribution in [3.63, 3.8) is 0 Å². The lowest BCUT2D eigenvalue weighted by Gasteiger charge is -2.14. The lowest BCUT2D eigenvalue weighted by molar-refractivity contribution is -0.123. The topological polar surface area (TPSA) is 46.6 Å². The molecule has 1 aliphatic heterocycles. The van der Waals surface area contributed by atoms with Crippen LogP contribution in [0, 0.1) is 6.92 Å². The molecule has 2 amide bonds. The van der Waals surface area contributed by atoms with Crippen LogP contribution in [-0.2, 0) is 11.3 Å². The lowest BCUT2D eigenvalue weighted by atomic mass is 10.1. The van der Waals surface area contributed by atoms with E-state index in [1.165, 1.54) is 4.90 Å². The maximum atomic E-state index is 12.6. The second-order valence-electron chi connectivity index (χ2n) is 5.82. The SMILES string of the molecule is CCOc1ccc(/C=C2\SC(=O)N(Cc3ccccc3C)C2=O)cc1Cl. The highest BCUT2D eigenvalue weighted by Gasteiger charge is 2.35. The lowest BCUT2D eigenvalue weighted by Crippen LogP contribution is -2.27. The first-order valence-electron chi connectivity index (χ1n) is 8.22. The zero-order valence-corrected chi connectivity index (χ0v) is 16.1. The summed E-state index contributed by atoms with van der Waals surface area (Å²) in [5.41, 5.74) is 2.76. The summed E-state index contributed by atoms with van der Waals surface area (Å²) < 4.78 is 5.41. The number of benzene rings is 2. The van der Waals surface area contributed by atoms with Crippen molar-refractivity contribution in [1.82, 2.24) is 4.90 Å². The minimum absolute atomic E-state index is 0.262. The Kier molecular flexibility index (Phi) is 5.69. The third-order valence-electron chi connectivity index (χ3n) is 4.02. The molecule has 2 aromatic carbocycles. The van der Waals surface area contributed by atoms with Crippen molar-refractivity contribution in [3.8, 4) is 5.75 Å². The summed E-state index contributed by atoms with van der Waals surface area (Å²) >= 11 is 7.13. The number of carbonyl (C=O) groups is 2. The molecular formula is C20H18ClNO3S. The molecule has 2 aromatic rings. The predicted octanol–water partition coefficient (Wildman–Crippen LogP) is 5.28. The summed E-state index contributed by atoms with van der Waals surface area (Å²) in [6, 6.07) is 13.0. The first-order valence-corrected chi connectivity index (χ1v) is 9.41. The molecule has 6 heteroatoms. The molecule has 3 rings (SSSR count). The Morgan fingerprint density at radius 2 is 1.96 bits per heavy atom. The number of halogens is 1. The van der Waals surface area contributed by atoms with Crippen molar-refractivity contribution in [3.05, 3.63) is 69.1 Å². The number of imide groups is 1. The number of thioether (sulfide) groups is 1. The number of ether oxygens (including phenoxy) is 1. The minimum Gasteiger partial charge on any atom is -0.492 e. The third kappa shape index (κ3) is 3.94. The van der Waals surface area contributed by atoms with E-state index in [1.54, 1.807) is 18.2 Å². The van der Waals surface area contributed by atoms with Gasteiger partial charge in [0.1, 0.15) is 5.75 Å². The normalized spacial score (nSPS) is 15.8. The molecule has 0 spiro atoms. The monoisotopic (exact) mass is 387 g/mol. The highest BCUT2D eigenvalue weighted by atomic mass is 35.5. The summed E-state index contributed by atoms with van der Waals surface area (Å²) in [6.45, 7) is 4.65. The van der Waals surface area contributed by atoms with Crippen LogP contribution >= 0.6 is 23.4 Å². The molecule has 26 heavy (non-hydrogen) atoms. The van der Waals surface area contributed by atoms with E-state index in [2.05, 4.69) is 0 Å². The molecule has 0 aliphatic carbocycles. The molecule has 1 heterocycles. The van der Waals surface area contributed by atoms with E-state index in [4.69, 9.17) is 16.3 Å². The van der Waals surface area contributed by atoms with Crippen LogP contribution in [0.25, 0.3) is 6.08 Å². The van der Waals surface area contributed by atoms with Gasteiger partial charge < -0.3 is 4.74 Å². The Morgan fingerprint density at radius 1 is 1.19 bits per heavy atom. The van der Waals surface area contributed by atoms with Crippen LogP contribution in [0.1, 0.15) is 23.6 Å². The van der Waals surface area contributed by atoms with E-state index >= 15 is 0 Å². The van der Waals surface area contributed by atoms with Gasteiger partial charge >= 0.3 is 0 Å². The van der Waals surface area contributed by atoms with E-state index in [9.17, 15) is 9.59 Å². The van der Waals surface area contributed by atoms with E-state index in [1.807, 2.05) is 44.2 Å². The van der Waals surface area contributed by atoms with Gasteiger partial charge in [-0.3, -0.25) is 14.5 Å². The highest BCUT2D eigenvalue weighted by molar-refractivity contribution is 8.18. The molecular weight excluding hydrogens is 370 g/mol. The van der Waals surface area contributed by atoms with Gasteiger partial charge in [-0.15, -0.1) is 0 Å². The molecule has 0 bridgehead atoms. The number of hydrogen-bond donors (Lipinski definition) is 0. The van der Waals surface area contributed by atoms with Gasteiger partial charge in [-0.2, -0.15) is 0 Å². The fourth-order valence-electron chi connectivity index (χ4n) is 2.62. The van der Waals surface area contributed by atoms with Crippen LogP contribution in [0.5, 0.6) is 5.75 Å². The Morgan fingerprint density at radius 3 is 2.65 bits per heavy atom. The maximum absolute atomic E-state index is 12.6. The molecule has 0 atom stereocenters. The Bertz CT molecular complexity index is 894. The van der Waals surface area contributed by atoms with Gasteiger partial charge in [-0.1, -0.05) is 41.9 Å². The molecule has 0 N–H and O–H groups in total. The Labute approximate surface area is 161 Å². The van der Waals surface area contributed by atoms with E-state index < -0.39 is 0 Å². The summed E-state index contributed by atoms with van der Waals surface area (Å²) in [7, 11) is 0. The number of aryl methyl sites for hydroxylation is 1. The van der Waals surface area contributed by atoms with Crippen molar-refractivity contribution in [1.29, 1.82) is 0 Å². The summed E-state index contributed by atoms with van der Waals surface area (Å²) in [6.07, 6.45) is 1.68. The molecule has 4 nitrogen and oxygen atoms in total. The Hall–Kier alpha value is -2.24. The summed E-state index contributed by atoms with van der Waals surface area (Å²) in [5, 5.41) is 0.210. The van der Waals surface area contributed by atoms with Crippen molar-refractivity contribution >= 4 is 40.6 Å². The second kappa shape index (κ2) is 7.98. The average Bonchev–Trinajstić information content (AvgIpc) is 2.87. The maximum Gasteiger partial charge on any atom is 0.293 e. The van der Waals surface area contributed by atoms with Gasteiger partial charge in [0.15, 0.2) is 0 Å². The fraction of sp³-hybridized carbons (Fsp3) is 0.200. The second-order valence-corrected chi connectivity index (χ2v) is 7.22. The van der Waals surface area contributed by atoms with Crippen LogP contribution in [0.3, 0.4) is 0 Å². The van der Waals surface area contributed by atoms with Crippen LogP contribution < -0.4 is 4.74 Å². The van der Waals surface area contributed by atoms with Gasteiger partial charge in [0.25, 0.3) is 11.1 Å². The largest absolute Gasteiger partial charge is 0.492 e.